The normalized spacial score (nSPS) is 12.5. The second-order valence-electron chi connectivity index (χ2n) is 18.3. The molecule has 0 heterocycles. The van der Waals surface area contributed by atoms with Crippen LogP contribution >= 0.6 is 0 Å². The molecule has 0 spiro atoms. The molecule has 3 aliphatic carbocycles. The highest BCUT2D eigenvalue weighted by Gasteiger charge is 2.38. The van der Waals surface area contributed by atoms with Gasteiger partial charge < -0.3 is 4.90 Å². The molecule has 0 bridgehead atoms. The van der Waals surface area contributed by atoms with Gasteiger partial charge in [-0.2, -0.15) is 0 Å². The summed E-state index contributed by atoms with van der Waals surface area (Å²) in [6.07, 6.45) is 2.53. The number of hydrogen-bond acceptors (Lipinski definition) is 1. The van der Waals surface area contributed by atoms with Crippen LogP contribution in [0.4, 0.5) is 17.1 Å². The molecule has 0 atom stereocenters. The van der Waals surface area contributed by atoms with Gasteiger partial charge in [0.2, 0.25) is 0 Å². The summed E-state index contributed by atoms with van der Waals surface area (Å²) < 4.78 is 0. The van der Waals surface area contributed by atoms with Crippen molar-refractivity contribution >= 4 is 17.1 Å². The molecule has 66 heavy (non-hydrogen) atoms. The van der Waals surface area contributed by atoms with Crippen LogP contribution in [0.5, 0.6) is 0 Å². The second kappa shape index (κ2) is 15.3. The molecule has 3 aliphatic rings. The molecule has 10 aromatic rings. The van der Waals surface area contributed by atoms with Gasteiger partial charge in [-0.25, -0.2) is 0 Å². The molecular formula is C65H47N. The van der Waals surface area contributed by atoms with Crippen LogP contribution in [0.3, 0.4) is 0 Å². The number of nitrogens with zero attached hydrogens (tertiary/aromatic N) is 1. The van der Waals surface area contributed by atoms with Crippen molar-refractivity contribution in [1.82, 2.24) is 0 Å². The quantitative estimate of drug-likeness (QED) is 0.155. The largest absolute Gasteiger partial charge is 0.308 e. The van der Waals surface area contributed by atoms with Gasteiger partial charge in [-0.05, 0) is 137 Å². The van der Waals surface area contributed by atoms with Crippen molar-refractivity contribution in [1.29, 1.82) is 0 Å². The summed E-state index contributed by atoms with van der Waals surface area (Å²) in [6, 6.07) is 79.6. The molecule has 0 unspecified atom stereocenters. The van der Waals surface area contributed by atoms with Crippen LogP contribution < -0.4 is 4.90 Å². The summed E-state index contributed by atoms with van der Waals surface area (Å²) in [6.45, 7) is 4.72. The Morgan fingerprint density at radius 1 is 0.288 bits per heavy atom. The lowest BCUT2D eigenvalue weighted by Gasteiger charge is -2.38. The summed E-state index contributed by atoms with van der Waals surface area (Å²) in [7, 11) is 0. The van der Waals surface area contributed by atoms with Crippen LogP contribution in [0.2, 0.25) is 0 Å². The Morgan fingerprint density at radius 3 is 1.00 bits per heavy atom. The Kier molecular flexibility index (Phi) is 8.93. The fraction of sp³-hybridized carbons (Fsp3) is 0.0769. The summed E-state index contributed by atoms with van der Waals surface area (Å²) in [5.41, 5.74) is 32.5. The molecular weight excluding hydrogens is 795 g/mol. The standard InChI is InChI=1S/C65H47N/c1-41-35-55-50-32-18-15-29-47(50)36-58(55)63(42(41)2)66(64-59-37-48-30-16-19-33-51(48)56(59)39-53(43-21-7-3-8-22-43)61(64)45-25-11-5-12-26-45)65-60-38-49-31-17-20-34-52(49)57(60)40-54(44-23-9-4-10-24-44)62(65)46-27-13-6-14-28-46/h3-35,39-40H,36-38H2,1-2H3. The van der Waals surface area contributed by atoms with Gasteiger partial charge in [0.05, 0.1) is 17.1 Å². The van der Waals surface area contributed by atoms with Crippen molar-refractivity contribution < 1.29 is 0 Å². The van der Waals surface area contributed by atoms with Gasteiger partial charge in [-0.15, -0.1) is 0 Å². The molecule has 13 rings (SSSR count). The number of aryl methyl sites for hydroxylation is 1. The first-order valence-electron chi connectivity index (χ1n) is 23.4. The van der Waals surface area contributed by atoms with E-state index in [1.54, 1.807) is 0 Å². The van der Waals surface area contributed by atoms with Gasteiger partial charge in [0, 0.05) is 30.4 Å². The highest BCUT2D eigenvalue weighted by atomic mass is 15.2. The average molecular weight is 842 g/mol. The van der Waals surface area contributed by atoms with E-state index in [1.807, 2.05) is 0 Å². The van der Waals surface area contributed by atoms with E-state index < -0.39 is 0 Å². The molecule has 0 aliphatic heterocycles. The summed E-state index contributed by atoms with van der Waals surface area (Å²) >= 11 is 0. The van der Waals surface area contributed by atoms with E-state index in [-0.39, 0.29) is 0 Å². The third-order valence-electron chi connectivity index (χ3n) is 14.7. The van der Waals surface area contributed by atoms with Crippen molar-refractivity contribution in [3.8, 4) is 77.9 Å². The van der Waals surface area contributed by atoms with E-state index in [0.29, 0.717) is 0 Å². The van der Waals surface area contributed by atoms with Crippen molar-refractivity contribution in [2.75, 3.05) is 4.90 Å². The molecule has 1 nitrogen and oxygen atoms in total. The molecule has 0 amide bonds. The minimum Gasteiger partial charge on any atom is -0.308 e. The monoisotopic (exact) mass is 841 g/mol. The predicted octanol–water partition coefficient (Wildman–Crippen LogP) is 17.2. The van der Waals surface area contributed by atoms with Crippen molar-refractivity contribution in [2.45, 2.75) is 33.1 Å². The van der Waals surface area contributed by atoms with E-state index in [0.717, 1.165) is 19.3 Å². The molecule has 0 saturated carbocycles. The van der Waals surface area contributed by atoms with Crippen molar-refractivity contribution in [3.63, 3.8) is 0 Å². The molecule has 0 N–H and O–H groups in total. The summed E-state index contributed by atoms with van der Waals surface area (Å²) in [5, 5.41) is 0. The van der Waals surface area contributed by atoms with Crippen LogP contribution in [-0.4, -0.2) is 0 Å². The first-order chi connectivity index (χ1) is 32.6. The lowest BCUT2D eigenvalue weighted by Crippen LogP contribution is -2.20. The number of fused-ring (bicyclic) bond motifs is 9. The number of hydrogen-bond donors (Lipinski definition) is 0. The van der Waals surface area contributed by atoms with Gasteiger partial charge in [-0.1, -0.05) is 200 Å². The van der Waals surface area contributed by atoms with Crippen LogP contribution in [0.25, 0.3) is 77.9 Å². The van der Waals surface area contributed by atoms with E-state index in [2.05, 4.69) is 231 Å². The lowest BCUT2D eigenvalue weighted by molar-refractivity contribution is 1.12. The fourth-order valence-electron chi connectivity index (χ4n) is 11.6. The maximum atomic E-state index is 2.84. The molecule has 312 valence electrons. The van der Waals surface area contributed by atoms with Gasteiger partial charge >= 0.3 is 0 Å². The molecule has 1 heteroatoms. The van der Waals surface area contributed by atoms with Gasteiger partial charge in [0.1, 0.15) is 0 Å². The minimum absolute atomic E-state index is 0.834. The maximum Gasteiger partial charge on any atom is 0.0588 e. The topological polar surface area (TPSA) is 3.24 Å². The predicted molar refractivity (Wildman–Crippen MR) is 277 cm³/mol. The average Bonchev–Trinajstić information content (AvgIpc) is 4.07. The van der Waals surface area contributed by atoms with E-state index in [4.69, 9.17) is 0 Å². The molecule has 0 saturated heterocycles. The minimum atomic E-state index is 0.834. The van der Waals surface area contributed by atoms with Gasteiger partial charge in [0.25, 0.3) is 0 Å². The van der Waals surface area contributed by atoms with Crippen LogP contribution in [-0.2, 0) is 19.3 Å². The van der Waals surface area contributed by atoms with Crippen LogP contribution in [0.1, 0.15) is 44.5 Å². The Labute approximate surface area is 388 Å². The van der Waals surface area contributed by atoms with Gasteiger partial charge in [0.15, 0.2) is 0 Å². The zero-order valence-electron chi connectivity index (χ0n) is 37.3. The summed E-state index contributed by atoms with van der Waals surface area (Å²) in [5.74, 6) is 0. The first kappa shape index (κ1) is 38.5. The Morgan fingerprint density at radius 2 is 0.606 bits per heavy atom. The number of rotatable bonds is 7. The lowest BCUT2D eigenvalue weighted by atomic mass is 9.83. The zero-order chi connectivity index (χ0) is 43.9. The van der Waals surface area contributed by atoms with Crippen LogP contribution in [0, 0.1) is 13.8 Å². The molecule has 0 radical (unpaired) electrons. The maximum absolute atomic E-state index is 2.84. The zero-order valence-corrected chi connectivity index (χ0v) is 37.3. The van der Waals surface area contributed by atoms with Crippen LogP contribution in [0.15, 0.2) is 212 Å². The molecule has 10 aromatic carbocycles. The summed E-state index contributed by atoms with van der Waals surface area (Å²) in [4.78, 5) is 2.84. The highest BCUT2D eigenvalue weighted by Crippen LogP contribution is 2.61. The van der Waals surface area contributed by atoms with E-state index in [1.165, 1.54) is 139 Å². The second-order valence-corrected chi connectivity index (χ2v) is 18.3. The molecule has 0 aromatic heterocycles. The van der Waals surface area contributed by atoms with Crippen molar-refractivity contribution in [2.24, 2.45) is 0 Å². The Hall–Kier alpha value is -8.00. The third kappa shape index (κ3) is 5.93. The smallest absolute Gasteiger partial charge is 0.0588 e. The highest BCUT2D eigenvalue weighted by molar-refractivity contribution is 6.10. The first-order valence-corrected chi connectivity index (χ1v) is 23.4. The molecule has 0 fully saturated rings. The Balaban J connectivity index is 1.28. The fourth-order valence-corrected chi connectivity index (χ4v) is 11.6. The SMILES string of the molecule is Cc1cc2c(c(N(c3c4c(cc(-c5ccccc5)c3-c3ccccc3)-c3ccccc3C4)c3c4c(cc(-c5ccccc5)c3-c3ccccc3)-c3ccccc3C4)c1C)Cc1ccccc1-2. The van der Waals surface area contributed by atoms with E-state index in [9.17, 15) is 0 Å². The Bertz CT molecular complexity index is 3360. The number of anilines is 3. The number of benzene rings is 10. The van der Waals surface area contributed by atoms with Crippen molar-refractivity contribution in [3.05, 3.63) is 257 Å². The van der Waals surface area contributed by atoms with Gasteiger partial charge in [-0.3, -0.25) is 0 Å². The third-order valence-corrected chi connectivity index (χ3v) is 14.7. The van der Waals surface area contributed by atoms with E-state index >= 15 is 0 Å².